The molecule has 1 amide bonds. The second-order valence-electron chi connectivity index (χ2n) is 4.95. The molecule has 2 rings (SSSR count). The molecule has 0 radical (unpaired) electrons. The Morgan fingerprint density at radius 2 is 2.21 bits per heavy atom. The number of rotatable bonds is 3. The van der Waals surface area contributed by atoms with E-state index in [0.29, 0.717) is 5.92 Å². The van der Waals surface area contributed by atoms with E-state index in [-0.39, 0.29) is 24.9 Å². The highest BCUT2D eigenvalue weighted by molar-refractivity contribution is 5.98. The number of carbonyl (C=O) groups is 1. The lowest BCUT2D eigenvalue weighted by Crippen LogP contribution is -2.49. The molecule has 1 aromatic rings. The highest BCUT2D eigenvalue weighted by Crippen LogP contribution is 2.29. The van der Waals surface area contributed by atoms with Crippen molar-refractivity contribution in [2.24, 2.45) is 11.7 Å². The van der Waals surface area contributed by atoms with Crippen molar-refractivity contribution < 1.29 is 9.53 Å². The third-order valence-electron chi connectivity index (χ3n) is 3.27. The number of carbonyl (C=O) groups excluding carboxylic acids is 1. The minimum atomic E-state index is -0.589. The average molecular weight is 285 g/mol. The topological polar surface area (TPSA) is 55.6 Å². The van der Waals surface area contributed by atoms with Crippen LogP contribution in [0.2, 0.25) is 0 Å². The molecule has 0 spiro atoms. The van der Waals surface area contributed by atoms with Gasteiger partial charge in [-0.25, -0.2) is 0 Å². The van der Waals surface area contributed by atoms with Gasteiger partial charge >= 0.3 is 0 Å². The van der Waals surface area contributed by atoms with Crippen LogP contribution in [0, 0.1) is 5.92 Å². The third-order valence-corrected chi connectivity index (χ3v) is 3.27. The van der Waals surface area contributed by atoms with Crippen LogP contribution in [0.5, 0.6) is 0 Å². The molecular formula is C14H21ClN2O2. The molecule has 19 heavy (non-hydrogen) atoms. The molecule has 2 N–H and O–H groups in total. The molecular weight excluding hydrogens is 264 g/mol. The van der Waals surface area contributed by atoms with E-state index in [9.17, 15) is 4.79 Å². The van der Waals surface area contributed by atoms with Crippen LogP contribution in [0.25, 0.3) is 0 Å². The summed E-state index contributed by atoms with van der Waals surface area (Å²) >= 11 is 0. The van der Waals surface area contributed by atoms with Gasteiger partial charge in [-0.15, -0.1) is 12.4 Å². The minimum Gasteiger partial charge on any atom is -0.383 e. The van der Waals surface area contributed by atoms with Gasteiger partial charge in [-0.3, -0.25) is 4.79 Å². The quantitative estimate of drug-likeness (QED) is 0.917. The van der Waals surface area contributed by atoms with Crippen molar-refractivity contribution in [3.8, 4) is 0 Å². The van der Waals surface area contributed by atoms with E-state index >= 15 is 0 Å². The molecule has 1 aliphatic heterocycles. The lowest BCUT2D eigenvalue weighted by molar-refractivity contribution is -0.121. The number of benzene rings is 1. The number of halogens is 1. The number of ether oxygens (including phenoxy) is 1. The lowest BCUT2D eigenvalue weighted by atomic mass is 9.93. The van der Waals surface area contributed by atoms with E-state index in [1.54, 1.807) is 12.0 Å². The Balaban J connectivity index is 0.00000180. The Kier molecular flexibility index (Phi) is 5.79. The molecule has 2 atom stereocenters. The summed E-state index contributed by atoms with van der Waals surface area (Å²) in [7, 11) is 1.56. The fourth-order valence-corrected chi connectivity index (χ4v) is 2.46. The van der Waals surface area contributed by atoms with Crippen molar-refractivity contribution in [3.63, 3.8) is 0 Å². The van der Waals surface area contributed by atoms with Crippen molar-refractivity contribution in [2.45, 2.75) is 19.4 Å². The number of fused-ring (bicyclic) bond motifs is 1. The zero-order chi connectivity index (χ0) is 13.1. The Morgan fingerprint density at radius 3 is 2.89 bits per heavy atom. The Labute approximate surface area is 120 Å². The smallest absolute Gasteiger partial charge is 0.246 e. The number of hydrogen-bond acceptors (Lipinski definition) is 3. The van der Waals surface area contributed by atoms with E-state index in [2.05, 4.69) is 13.0 Å². The van der Waals surface area contributed by atoms with Crippen molar-refractivity contribution in [3.05, 3.63) is 29.8 Å². The maximum atomic E-state index is 12.3. The van der Waals surface area contributed by atoms with E-state index in [0.717, 1.165) is 18.7 Å². The van der Waals surface area contributed by atoms with E-state index < -0.39 is 6.04 Å². The fraction of sp³-hybridized carbons (Fsp3) is 0.500. The third kappa shape index (κ3) is 3.47. The standard InChI is InChI=1S/C14H20N2O2.ClH/c1-10-7-11-5-3-4-6-13(11)16(8-10)14(17)12(15)9-18-2;/h3-6,10,12H,7-9,15H2,1-2H3;1H. The Bertz CT molecular complexity index is 439. The molecule has 1 aromatic carbocycles. The number of anilines is 1. The maximum absolute atomic E-state index is 12.3. The molecule has 0 aromatic heterocycles. The van der Waals surface area contributed by atoms with Gasteiger partial charge < -0.3 is 15.4 Å². The normalized spacial score (nSPS) is 19.3. The zero-order valence-corrected chi connectivity index (χ0v) is 12.2. The highest BCUT2D eigenvalue weighted by Gasteiger charge is 2.29. The maximum Gasteiger partial charge on any atom is 0.246 e. The molecule has 0 aliphatic carbocycles. The average Bonchev–Trinajstić information content (AvgIpc) is 2.37. The number of amides is 1. The Hall–Kier alpha value is -1.10. The highest BCUT2D eigenvalue weighted by atomic mass is 35.5. The molecule has 5 heteroatoms. The number of nitrogens with zero attached hydrogens (tertiary/aromatic N) is 1. The first-order valence-corrected chi connectivity index (χ1v) is 6.27. The van der Waals surface area contributed by atoms with Gasteiger partial charge in [0.15, 0.2) is 0 Å². The predicted molar refractivity (Wildman–Crippen MR) is 78.8 cm³/mol. The van der Waals surface area contributed by atoms with E-state index in [1.165, 1.54) is 5.56 Å². The number of nitrogens with two attached hydrogens (primary N) is 1. The SMILES string of the molecule is COCC(N)C(=O)N1CC(C)Cc2ccccc21.Cl. The summed E-state index contributed by atoms with van der Waals surface area (Å²) in [5, 5.41) is 0. The molecule has 1 aliphatic rings. The van der Waals surface area contributed by atoms with Crippen LogP contribution >= 0.6 is 12.4 Å². The van der Waals surface area contributed by atoms with Crippen LogP contribution in [-0.4, -0.2) is 32.2 Å². The van der Waals surface area contributed by atoms with Gasteiger partial charge in [0, 0.05) is 19.3 Å². The van der Waals surface area contributed by atoms with Crippen LogP contribution in [0.1, 0.15) is 12.5 Å². The monoisotopic (exact) mass is 284 g/mol. The first kappa shape index (κ1) is 16.0. The van der Waals surface area contributed by atoms with Gasteiger partial charge in [0.25, 0.3) is 0 Å². The van der Waals surface area contributed by atoms with Gasteiger partial charge in [0.05, 0.1) is 6.61 Å². The summed E-state index contributed by atoms with van der Waals surface area (Å²) < 4.78 is 4.96. The van der Waals surface area contributed by atoms with E-state index in [1.807, 2.05) is 18.2 Å². The van der Waals surface area contributed by atoms with Crippen LogP contribution < -0.4 is 10.6 Å². The molecule has 0 saturated carbocycles. The van der Waals surface area contributed by atoms with Crippen molar-refractivity contribution in [1.29, 1.82) is 0 Å². The van der Waals surface area contributed by atoms with Gasteiger partial charge in [-0.2, -0.15) is 0 Å². The molecule has 0 bridgehead atoms. The summed E-state index contributed by atoms with van der Waals surface area (Å²) in [6.45, 7) is 3.14. The summed E-state index contributed by atoms with van der Waals surface area (Å²) in [4.78, 5) is 14.1. The van der Waals surface area contributed by atoms with Gasteiger partial charge in [0.1, 0.15) is 6.04 Å². The van der Waals surface area contributed by atoms with Gasteiger partial charge in [0.2, 0.25) is 5.91 Å². The number of para-hydroxylation sites is 1. The first-order chi connectivity index (χ1) is 8.63. The molecule has 1 heterocycles. The fourth-order valence-electron chi connectivity index (χ4n) is 2.46. The van der Waals surface area contributed by atoms with Gasteiger partial charge in [-0.1, -0.05) is 25.1 Å². The molecule has 106 valence electrons. The summed E-state index contributed by atoms with van der Waals surface area (Å²) in [6.07, 6.45) is 1.01. The first-order valence-electron chi connectivity index (χ1n) is 6.27. The van der Waals surface area contributed by atoms with Crippen LogP contribution in [-0.2, 0) is 16.0 Å². The van der Waals surface area contributed by atoms with Gasteiger partial charge in [-0.05, 0) is 24.0 Å². The number of hydrogen-bond donors (Lipinski definition) is 1. The predicted octanol–water partition coefficient (Wildman–Crippen LogP) is 1.61. The van der Waals surface area contributed by atoms with Crippen LogP contribution in [0.4, 0.5) is 5.69 Å². The second-order valence-corrected chi connectivity index (χ2v) is 4.95. The largest absolute Gasteiger partial charge is 0.383 e. The van der Waals surface area contributed by atoms with E-state index in [4.69, 9.17) is 10.5 Å². The summed E-state index contributed by atoms with van der Waals surface area (Å²) in [5.74, 6) is 0.398. The second kappa shape index (κ2) is 6.89. The zero-order valence-electron chi connectivity index (χ0n) is 11.3. The Morgan fingerprint density at radius 1 is 1.53 bits per heavy atom. The van der Waals surface area contributed by atoms with Crippen LogP contribution in [0.15, 0.2) is 24.3 Å². The lowest BCUT2D eigenvalue weighted by Gasteiger charge is -2.34. The van der Waals surface area contributed by atoms with Crippen molar-refractivity contribution in [2.75, 3.05) is 25.2 Å². The molecule has 0 fully saturated rings. The molecule has 0 saturated heterocycles. The molecule has 4 nitrogen and oxygen atoms in total. The van der Waals surface area contributed by atoms with Crippen molar-refractivity contribution in [1.82, 2.24) is 0 Å². The molecule has 2 unspecified atom stereocenters. The van der Waals surface area contributed by atoms with Crippen LogP contribution in [0.3, 0.4) is 0 Å². The summed E-state index contributed by atoms with van der Waals surface area (Å²) in [5.41, 5.74) is 8.05. The minimum absolute atomic E-state index is 0. The summed E-state index contributed by atoms with van der Waals surface area (Å²) in [6, 6.07) is 7.44. The number of methoxy groups -OCH3 is 1. The van der Waals surface area contributed by atoms with Crippen molar-refractivity contribution >= 4 is 24.0 Å².